The molecule has 4 rings (SSSR count). The molecule has 136 valence electrons. The molecule has 7 nitrogen and oxygen atoms in total. The molecule has 3 aromatic rings. The molecule has 0 radical (unpaired) electrons. The van der Waals surface area contributed by atoms with E-state index in [4.69, 9.17) is 9.26 Å². The largest absolute Gasteiger partial charge is 0.447 e. The first-order valence-electron chi connectivity index (χ1n) is 8.54. The number of nitrogens with one attached hydrogen (secondary N) is 1. The minimum atomic E-state index is -0.354. The molecule has 1 aromatic heterocycles. The quantitative estimate of drug-likeness (QED) is 0.752. The van der Waals surface area contributed by atoms with E-state index in [1.807, 2.05) is 54.6 Å². The Bertz CT molecular complexity index is 968. The van der Waals surface area contributed by atoms with Gasteiger partial charge in [0.15, 0.2) is 11.5 Å². The first-order valence-corrected chi connectivity index (χ1v) is 8.54. The molecule has 7 heteroatoms. The standard InChI is InChI=1S/C20H17N3O4/c24-19(17-12-18(27-22-17)15-6-2-1-3-7-15)21-13-14-5-4-8-16(11-14)23-9-10-26-20(23)25/h1-8,11-12H,9-10,13H2,(H,21,24). The molecule has 1 aliphatic heterocycles. The third-order valence-corrected chi connectivity index (χ3v) is 4.24. The molecule has 0 bridgehead atoms. The summed E-state index contributed by atoms with van der Waals surface area (Å²) in [7, 11) is 0. The second-order valence-electron chi connectivity index (χ2n) is 6.06. The van der Waals surface area contributed by atoms with E-state index in [1.165, 1.54) is 0 Å². The number of benzene rings is 2. The summed E-state index contributed by atoms with van der Waals surface area (Å²) in [5, 5.41) is 6.65. The third-order valence-electron chi connectivity index (χ3n) is 4.24. The minimum absolute atomic E-state index is 0.216. The number of carbonyl (C=O) groups is 2. The van der Waals surface area contributed by atoms with Gasteiger partial charge in [-0.25, -0.2) is 4.79 Å². The molecule has 1 N–H and O–H groups in total. The predicted molar refractivity (Wildman–Crippen MR) is 98.2 cm³/mol. The van der Waals surface area contributed by atoms with Crippen LogP contribution in [-0.4, -0.2) is 30.3 Å². The SMILES string of the molecule is O=C(NCc1cccc(N2CCOC2=O)c1)c1cc(-c2ccccc2)on1. The summed E-state index contributed by atoms with van der Waals surface area (Å²) in [4.78, 5) is 25.6. The van der Waals surface area contributed by atoms with Crippen molar-refractivity contribution in [3.63, 3.8) is 0 Å². The number of nitrogens with zero attached hydrogens (tertiary/aromatic N) is 2. The van der Waals surface area contributed by atoms with Gasteiger partial charge in [0, 0.05) is 23.9 Å². The number of hydrogen-bond donors (Lipinski definition) is 1. The van der Waals surface area contributed by atoms with E-state index in [2.05, 4.69) is 10.5 Å². The zero-order valence-electron chi connectivity index (χ0n) is 14.4. The van der Waals surface area contributed by atoms with Gasteiger partial charge >= 0.3 is 6.09 Å². The smallest absolute Gasteiger partial charge is 0.414 e. The van der Waals surface area contributed by atoms with Crippen LogP contribution in [-0.2, 0) is 11.3 Å². The summed E-state index contributed by atoms with van der Waals surface area (Å²) in [5.74, 6) is 0.210. The van der Waals surface area contributed by atoms with E-state index in [0.29, 0.717) is 25.5 Å². The van der Waals surface area contributed by atoms with Crippen LogP contribution in [0, 0.1) is 0 Å². The van der Waals surface area contributed by atoms with Crippen molar-refractivity contribution in [2.45, 2.75) is 6.54 Å². The Morgan fingerprint density at radius 1 is 1.11 bits per heavy atom. The molecule has 0 atom stereocenters. The highest BCUT2D eigenvalue weighted by molar-refractivity contribution is 5.93. The number of ether oxygens (including phenoxy) is 1. The average Bonchev–Trinajstić information content (AvgIpc) is 3.36. The fraction of sp³-hybridized carbons (Fsp3) is 0.150. The van der Waals surface area contributed by atoms with Gasteiger partial charge in [0.1, 0.15) is 6.61 Å². The highest BCUT2D eigenvalue weighted by Gasteiger charge is 2.23. The van der Waals surface area contributed by atoms with Gasteiger partial charge in [-0.05, 0) is 17.7 Å². The van der Waals surface area contributed by atoms with Gasteiger partial charge in [0.2, 0.25) is 0 Å². The molecule has 2 amide bonds. The number of rotatable bonds is 5. The van der Waals surface area contributed by atoms with Crippen LogP contribution >= 0.6 is 0 Å². The molecule has 27 heavy (non-hydrogen) atoms. The van der Waals surface area contributed by atoms with Gasteiger partial charge in [-0.1, -0.05) is 47.6 Å². The molecule has 0 spiro atoms. The van der Waals surface area contributed by atoms with E-state index in [1.54, 1.807) is 11.0 Å². The highest BCUT2D eigenvalue weighted by atomic mass is 16.6. The molecule has 1 saturated heterocycles. The van der Waals surface area contributed by atoms with Crippen molar-refractivity contribution in [2.24, 2.45) is 0 Å². The first kappa shape index (κ1) is 16.8. The van der Waals surface area contributed by atoms with E-state index in [0.717, 1.165) is 16.8 Å². The number of cyclic esters (lactones) is 1. The topological polar surface area (TPSA) is 84.7 Å². The molecule has 2 heterocycles. The Labute approximate surface area is 155 Å². The average molecular weight is 363 g/mol. The van der Waals surface area contributed by atoms with E-state index >= 15 is 0 Å². The van der Waals surface area contributed by atoms with Crippen molar-refractivity contribution >= 4 is 17.7 Å². The zero-order chi connectivity index (χ0) is 18.6. The molecule has 0 aliphatic carbocycles. The van der Waals surface area contributed by atoms with Crippen molar-refractivity contribution in [2.75, 3.05) is 18.1 Å². The molecule has 1 aliphatic rings. The maximum atomic E-state index is 12.3. The fourth-order valence-electron chi connectivity index (χ4n) is 2.86. The predicted octanol–water partition coefficient (Wildman–Crippen LogP) is 3.23. The molecule has 0 saturated carbocycles. The van der Waals surface area contributed by atoms with Crippen molar-refractivity contribution in [1.29, 1.82) is 0 Å². The summed E-state index contributed by atoms with van der Waals surface area (Å²) in [5.41, 5.74) is 2.69. The van der Waals surface area contributed by atoms with Crippen LogP contribution in [0.5, 0.6) is 0 Å². The van der Waals surface area contributed by atoms with Gasteiger partial charge < -0.3 is 14.6 Å². The third kappa shape index (κ3) is 3.67. The van der Waals surface area contributed by atoms with Gasteiger partial charge in [0.25, 0.3) is 5.91 Å². The monoisotopic (exact) mass is 363 g/mol. The number of aromatic nitrogens is 1. The van der Waals surface area contributed by atoms with Crippen LogP contribution in [0.3, 0.4) is 0 Å². The second kappa shape index (κ2) is 7.33. The van der Waals surface area contributed by atoms with Crippen molar-refractivity contribution < 1.29 is 18.8 Å². The Kier molecular flexibility index (Phi) is 4.57. The van der Waals surface area contributed by atoms with Crippen LogP contribution in [0.1, 0.15) is 16.1 Å². The summed E-state index contributed by atoms with van der Waals surface area (Å²) in [6.07, 6.45) is -0.354. The van der Waals surface area contributed by atoms with E-state index in [-0.39, 0.29) is 17.7 Å². The number of hydrogen-bond acceptors (Lipinski definition) is 5. The summed E-state index contributed by atoms with van der Waals surface area (Å²) in [6, 6.07) is 18.5. The number of amides is 2. The fourth-order valence-corrected chi connectivity index (χ4v) is 2.86. The lowest BCUT2D eigenvalue weighted by molar-refractivity contribution is 0.0942. The lowest BCUT2D eigenvalue weighted by Gasteiger charge is -2.14. The molecule has 0 unspecified atom stereocenters. The van der Waals surface area contributed by atoms with Gasteiger partial charge in [-0.15, -0.1) is 0 Å². The molecular formula is C20H17N3O4. The summed E-state index contributed by atoms with van der Waals surface area (Å²) in [6.45, 7) is 1.22. The minimum Gasteiger partial charge on any atom is -0.447 e. The van der Waals surface area contributed by atoms with Gasteiger partial charge in [0.05, 0.1) is 6.54 Å². The second-order valence-corrected chi connectivity index (χ2v) is 6.06. The maximum Gasteiger partial charge on any atom is 0.414 e. The zero-order valence-corrected chi connectivity index (χ0v) is 14.4. The van der Waals surface area contributed by atoms with Crippen LogP contribution in [0.25, 0.3) is 11.3 Å². The van der Waals surface area contributed by atoms with Crippen LogP contribution in [0.15, 0.2) is 65.2 Å². The molecule has 1 fully saturated rings. The summed E-state index contributed by atoms with van der Waals surface area (Å²) < 4.78 is 10.2. The summed E-state index contributed by atoms with van der Waals surface area (Å²) >= 11 is 0. The lowest BCUT2D eigenvalue weighted by Crippen LogP contribution is -2.25. The normalized spacial score (nSPS) is 13.5. The van der Waals surface area contributed by atoms with E-state index < -0.39 is 0 Å². The van der Waals surface area contributed by atoms with Crippen LogP contribution in [0.4, 0.5) is 10.5 Å². The van der Waals surface area contributed by atoms with Crippen molar-refractivity contribution in [3.05, 3.63) is 71.9 Å². The van der Waals surface area contributed by atoms with Crippen molar-refractivity contribution in [3.8, 4) is 11.3 Å². The van der Waals surface area contributed by atoms with Crippen molar-refractivity contribution in [1.82, 2.24) is 10.5 Å². The molecule has 2 aromatic carbocycles. The number of carbonyl (C=O) groups excluding carboxylic acids is 2. The van der Waals surface area contributed by atoms with Gasteiger partial charge in [-0.2, -0.15) is 0 Å². The number of anilines is 1. The Morgan fingerprint density at radius 2 is 1.96 bits per heavy atom. The molecular weight excluding hydrogens is 346 g/mol. The Hall–Kier alpha value is -3.61. The van der Waals surface area contributed by atoms with E-state index in [9.17, 15) is 9.59 Å². The van der Waals surface area contributed by atoms with Gasteiger partial charge in [-0.3, -0.25) is 9.69 Å². The Morgan fingerprint density at radius 3 is 2.74 bits per heavy atom. The maximum absolute atomic E-state index is 12.3. The van der Waals surface area contributed by atoms with Crippen LogP contribution < -0.4 is 10.2 Å². The van der Waals surface area contributed by atoms with Crippen LogP contribution in [0.2, 0.25) is 0 Å². The lowest BCUT2D eigenvalue weighted by atomic mass is 10.1. The highest BCUT2D eigenvalue weighted by Crippen LogP contribution is 2.21. The first-order chi connectivity index (χ1) is 13.2. The Balaban J connectivity index is 1.41.